The fourth-order valence-corrected chi connectivity index (χ4v) is 3.25. The molecule has 1 heterocycles. The molecule has 22 heavy (non-hydrogen) atoms. The summed E-state index contributed by atoms with van der Waals surface area (Å²) in [7, 11) is 6.25. The fourth-order valence-electron chi connectivity index (χ4n) is 3.25. The standard InChI is InChI=1S/C16H32N4O.HI/c1-5-21-14-8-10-20(11-9-14)16(17-2)18-12-15(19(3)4)13-6-7-13;/h13-15H,5-12H2,1-4H3,(H,17,18);1H. The predicted molar refractivity (Wildman–Crippen MR) is 103 cm³/mol. The van der Waals surface area contributed by atoms with Crippen LogP contribution in [0.3, 0.4) is 0 Å². The third-order valence-electron chi connectivity index (χ3n) is 4.65. The van der Waals surface area contributed by atoms with Crippen molar-refractivity contribution < 1.29 is 4.74 Å². The van der Waals surface area contributed by atoms with E-state index in [2.05, 4.69) is 41.1 Å². The first-order chi connectivity index (χ1) is 10.2. The number of rotatable bonds is 6. The summed E-state index contributed by atoms with van der Waals surface area (Å²) in [6.45, 7) is 5.98. The largest absolute Gasteiger partial charge is 0.378 e. The van der Waals surface area contributed by atoms with Crippen molar-refractivity contribution in [3.63, 3.8) is 0 Å². The van der Waals surface area contributed by atoms with Gasteiger partial charge < -0.3 is 19.9 Å². The molecule has 0 aromatic carbocycles. The van der Waals surface area contributed by atoms with Crippen molar-refractivity contribution in [3.05, 3.63) is 0 Å². The van der Waals surface area contributed by atoms with Gasteiger partial charge in [-0.25, -0.2) is 0 Å². The van der Waals surface area contributed by atoms with E-state index in [1.54, 1.807) is 0 Å². The molecule has 130 valence electrons. The zero-order valence-electron chi connectivity index (χ0n) is 14.5. The summed E-state index contributed by atoms with van der Waals surface area (Å²) in [5.41, 5.74) is 0. The smallest absolute Gasteiger partial charge is 0.193 e. The number of likely N-dealkylation sites (N-methyl/N-ethyl adjacent to an activating group) is 1. The number of ether oxygens (including phenoxy) is 1. The highest BCUT2D eigenvalue weighted by molar-refractivity contribution is 14.0. The van der Waals surface area contributed by atoms with Gasteiger partial charge in [-0.1, -0.05) is 0 Å². The molecular weight excluding hydrogens is 391 g/mol. The second-order valence-electron chi connectivity index (χ2n) is 6.44. The summed E-state index contributed by atoms with van der Waals surface area (Å²) >= 11 is 0. The summed E-state index contributed by atoms with van der Waals surface area (Å²) in [5, 5.41) is 3.58. The van der Waals surface area contributed by atoms with E-state index in [-0.39, 0.29) is 24.0 Å². The average Bonchev–Trinajstić information content (AvgIpc) is 3.29. The van der Waals surface area contributed by atoms with Crippen LogP contribution in [0.4, 0.5) is 0 Å². The second kappa shape index (κ2) is 9.93. The molecule has 6 heteroatoms. The Morgan fingerprint density at radius 3 is 2.36 bits per heavy atom. The monoisotopic (exact) mass is 424 g/mol. The van der Waals surface area contributed by atoms with Crippen molar-refractivity contribution in [1.29, 1.82) is 0 Å². The Balaban J connectivity index is 0.00000242. The minimum absolute atomic E-state index is 0. The van der Waals surface area contributed by atoms with E-state index in [0.717, 1.165) is 51.0 Å². The quantitative estimate of drug-likeness (QED) is 0.403. The molecule has 1 saturated heterocycles. The number of guanidine groups is 1. The molecule has 2 aliphatic rings. The maximum Gasteiger partial charge on any atom is 0.193 e. The highest BCUT2D eigenvalue weighted by Gasteiger charge is 2.33. The number of nitrogens with zero attached hydrogens (tertiary/aromatic N) is 3. The Hall–Kier alpha value is -0.0800. The summed E-state index contributed by atoms with van der Waals surface area (Å²) in [5.74, 6) is 1.92. The van der Waals surface area contributed by atoms with E-state index >= 15 is 0 Å². The summed E-state index contributed by atoms with van der Waals surface area (Å²) < 4.78 is 5.72. The van der Waals surface area contributed by atoms with Crippen LogP contribution in [0.1, 0.15) is 32.6 Å². The number of likely N-dealkylation sites (tertiary alicyclic amines) is 1. The molecule has 1 aliphatic carbocycles. The third-order valence-corrected chi connectivity index (χ3v) is 4.65. The van der Waals surface area contributed by atoms with Crippen molar-refractivity contribution in [2.75, 3.05) is 47.4 Å². The number of aliphatic imine (C=N–C) groups is 1. The second-order valence-corrected chi connectivity index (χ2v) is 6.44. The zero-order valence-corrected chi connectivity index (χ0v) is 16.9. The van der Waals surface area contributed by atoms with E-state index in [0.29, 0.717) is 12.1 Å². The van der Waals surface area contributed by atoms with Gasteiger partial charge >= 0.3 is 0 Å². The molecule has 0 radical (unpaired) electrons. The van der Waals surface area contributed by atoms with Crippen molar-refractivity contribution in [2.24, 2.45) is 10.9 Å². The van der Waals surface area contributed by atoms with Crippen LogP contribution in [-0.2, 0) is 4.74 Å². The Kier molecular flexibility index (Phi) is 9.01. The Morgan fingerprint density at radius 2 is 1.91 bits per heavy atom. The van der Waals surface area contributed by atoms with Crippen LogP contribution < -0.4 is 5.32 Å². The van der Waals surface area contributed by atoms with Crippen molar-refractivity contribution >= 4 is 29.9 Å². The Morgan fingerprint density at radius 1 is 1.27 bits per heavy atom. The molecule has 2 rings (SSSR count). The van der Waals surface area contributed by atoms with Crippen molar-refractivity contribution in [3.8, 4) is 0 Å². The van der Waals surface area contributed by atoms with Crippen LogP contribution in [0.25, 0.3) is 0 Å². The molecule has 0 aromatic heterocycles. The minimum Gasteiger partial charge on any atom is -0.378 e. The van der Waals surface area contributed by atoms with Crippen LogP contribution in [0.15, 0.2) is 4.99 Å². The summed E-state index contributed by atoms with van der Waals surface area (Å²) in [6, 6.07) is 0.628. The lowest BCUT2D eigenvalue weighted by atomic mass is 10.1. The zero-order chi connectivity index (χ0) is 15.2. The number of nitrogens with one attached hydrogen (secondary N) is 1. The molecule has 0 aromatic rings. The maximum atomic E-state index is 5.72. The lowest BCUT2D eigenvalue weighted by Crippen LogP contribution is -2.50. The molecule has 1 aliphatic heterocycles. The average molecular weight is 424 g/mol. The van der Waals surface area contributed by atoms with Crippen LogP contribution in [-0.4, -0.2) is 75.3 Å². The number of halogens is 1. The summed E-state index contributed by atoms with van der Waals surface area (Å²) in [6.07, 6.45) is 5.40. The van der Waals surface area contributed by atoms with Gasteiger partial charge in [0.25, 0.3) is 0 Å². The normalized spacial score (nSPS) is 21.7. The topological polar surface area (TPSA) is 40.1 Å². The van der Waals surface area contributed by atoms with Gasteiger partial charge in [-0.05, 0) is 52.6 Å². The fraction of sp³-hybridized carbons (Fsp3) is 0.938. The van der Waals surface area contributed by atoms with Crippen LogP contribution in [0.2, 0.25) is 0 Å². The van der Waals surface area contributed by atoms with Gasteiger partial charge in [-0.15, -0.1) is 24.0 Å². The molecule has 1 atom stereocenters. The van der Waals surface area contributed by atoms with Crippen LogP contribution in [0.5, 0.6) is 0 Å². The number of hydrogen-bond donors (Lipinski definition) is 1. The van der Waals surface area contributed by atoms with Gasteiger partial charge in [-0.2, -0.15) is 0 Å². The molecule has 5 nitrogen and oxygen atoms in total. The predicted octanol–water partition coefficient (Wildman–Crippen LogP) is 2.02. The van der Waals surface area contributed by atoms with Gasteiger partial charge in [0, 0.05) is 39.3 Å². The molecule has 0 bridgehead atoms. The van der Waals surface area contributed by atoms with Crippen molar-refractivity contribution in [2.45, 2.75) is 44.8 Å². The number of piperidine rings is 1. The molecule has 0 spiro atoms. The minimum atomic E-state index is 0. The molecule has 0 amide bonds. The first kappa shape index (κ1) is 20.0. The van der Waals surface area contributed by atoms with E-state index < -0.39 is 0 Å². The van der Waals surface area contributed by atoms with E-state index in [1.807, 2.05) is 7.05 Å². The van der Waals surface area contributed by atoms with Gasteiger partial charge in [0.2, 0.25) is 0 Å². The Labute approximate surface area is 152 Å². The first-order valence-electron chi connectivity index (χ1n) is 8.39. The van der Waals surface area contributed by atoms with E-state index in [9.17, 15) is 0 Å². The maximum absolute atomic E-state index is 5.72. The third kappa shape index (κ3) is 5.85. The first-order valence-corrected chi connectivity index (χ1v) is 8.39. The number of hydrogen-bond acceptors (Lipinski definition) is 3. The molecular formula is C16H33IN4O. The van der Waals surface area contributed by atoms with Gasteiger partial charge in [0.15, 0.2) is 5.96 Å². The van der Waals surface area contributed by atoms with E-state index in [4.69, 9.17) is 4.74 Å². The van der Waals surface area contributed by atoms with Gasteiger partial charge in [-0.3, -0.25) is 4.99 Å². The van der Waals surface area contributed by atoms with Crippen molar-refractivity contribution in [1.82, 2.24) is 15.1 Å². The molecule has 1 N–H and O–H groups in total. The SMILES string of the molecule is CCOC1CCN(C(=NC)NCC(C2CC2)N(C)C)CC1.I. The molecule has 1 unspecified atom stereocenters. The van der Waals surface area contributed by atoms with Gasteiger partial charge in [0.05, 0.1) is 6.10 Å². The summed E-state index contributed by atoms with van der Waals surface area (Å²) in [4.78, 5) is 9.18. The lowest BCUT2D eigenvalue weighted by molar-refractivity contribution is 0.0263. The highest BCUT2D eigenvalue weighted by atomic mass is 127. The molecule has 2 fully saturated rings. The molecule has 1 saturated carbocycles. The van der Waals surface area contributed by atoms with Crippen LogP contribution >= 0.6 is 24.0 Å². The Bertz CT molecular complexity index is 337. The van der Waals surface area contributed by atoms with E-state index in [1.165, 1.54) is 12.8 Å². The van der Waals surface area contributed by atoms with Gasteiger partial charge in [0.1, 0.15) is 0 Å². The lowest BCUT2D eigenvalue weighted by Gasteiger charge is -2.35. The highest BCUT2D eigenvalue weighted by Crippen LogP contribution is 2.34. The van der Waals surface area contributed by atoms with Crippen LogP contribution in [0, 0.1) is 5.92 Å².